The third kappa shape index (κ3) is 0.681. The van der Waals surface area contributed by atoms with Crippen LogP contribution in [0.1, 0.15) is 44.9 Å². The van der Waals surface area contributed by atoms with E-state index in [9.17, 15) is 4.79 Å². The van der Waals surface area contributed by atoms with E-state index >= 15 is 0 Å². The minimum atomic E-state index is 0.225. The third-order valence-corrected chi connectivity index (χ3v) is 4.56. The molecule has 66 valence electrons. The summed E-state index contributed by atoms with van der Waals surface area (Å²) in [5.74, 6) is 2.35. The van der Waals surface area contributed by atoms with Crippen LogP contribution in [0, 0.1) is 17.3 Å². The van der Waals surface area contributed by atoms with Crippen molar-refractivity contribution < 1.29 is 4.79 Å². The highest BCUT2D eigenvalue weighted by molar-refractivity contribution is 5.87. The second kappa shape index (κ2) is 2.12. The highest BCUT2D eigenvalue weighted by Crippen LogP contribution is 2.61. The molecule has 3 atom stereocenters. The lowest BCUT2D eigenvalue weighted by molar-refractivity contribution is -0.128. The van der Waals surface area contributed by atoms with Gasteiger partial charge in [-0.15, -0.1) is 0 Å². The van der Waals surface area contributed by atoms with Gasteiger partial charge in [-0.25, -0.2) is 0 Å². The predicted molar refractivity (Wildman–Crippen MR) is 46.7 cm³/mol. The van der Waals surface area contributed by atoms with Gasteiger partial charge in [-0.2, -0.15) is 0 Å². The predicted octanol–water partition coefficient (Wildman–Crippen LogP) is 2.55. The zero-order valence-corrected chi connectivity index (χ0v) is 7.51. The second-order valence-electron chi connectivity index (χ2n) is 5.01. The quantitative estimate of drug-likeness (QED) is 0.537. The number of carbonyl (C=O) groups excluding carboxylic acids is 1. The van der Waals surface area contributed by atoms with Gasteiger partial charge in [0.2, 0.25) is 0 Å². The Kier molecular flexibility index (Phi) is 1.26. The number of Topliss-reactive ketones (excluding diaryl/α,β-unsaturated/α-hetero) is 1. The van der Waals surface area contributed by atoms with Gasteiger partial charge in [0.05, 0.1) is 0 Å². The molecule has 0 N–H and O–H groups in total. The van der Waals surface area contributed by atoms with Crippen molar-refractivity contribution >= 4 is 5.78 Å². The molecular formula is C11H16O. The van der Waals surface area contributed by atoms with Crippen molar-refractivity contribution in [3.63, 3.8) is 0 Å². The molecule has 0 aromatic carbocycles. The van der Waals surface area contributed by atoms with Gasteiger partial charge in [0, 0.05) is 11.8 Å². The Balaban J connectivity index is 1.96. The lowest BCUT2D eigenvalue weighted by Crippen LogP contribution is -2.31. The summed E-state index contributed by atoms with van der Waals surface area (Å²) in [6.45, 7) is 0. The number of rotatable bonds is 0. The Hall–Kier alpha value is -0.330. The highest BCUT2D eigenvalue weighted by atomic mass is 16.1. The van der Waals surface area contributed by atoms with E-state index < -0.39 is 0 Å². The minimum Gasteiger partial charge on any atom is -0.299 e. The fourth-order valence-corrected chi connectivity index (χ4v) is 4.04. The first-order valence-corrected chi connectivity index (χ1v) is 5.34. The van der Waals surface area contributed by atoms with Crippen LogP contribution in [0.15, 0.2) is 0 Å². The molecule has 1 nitrogen and oxygen atoms in total. The molecule has 0 aromatic rings. The van der Waals surface area contributed by atoms with Crippen molar-refractivity contribution in [3.05, 3.63) is 0 Å². The Morgan fingerprint density at radius 1 is 1.33 bits per heavy atom. The summed E-state index contributed by atoms with van der Waals surface area (Å²) in [5, 5.41) is 0. The van der Waals surface area contributed by atoms with Gasteiger partial charge >= 0.3 is 0 Å². The molecule has 3 aliphatic rings. The molecule has 1 heteroatoms. The monoisotopic (exact) mass is 164 g/mol. The summed E-state index contributed by atoms with van der Waals surface area (Å²) in [4.78, 5) is 11.8. The van der Waals surface area contributed by atoms with Crippen molar-refractivity contribution in [2.75, 3.05) is 0 Å². The van der Waals surface area contributed by atoms with E-state index in [1.807, 2.05) is 0 Å². The SMILES string of the molecule is O=C1CCC[C@@]12C[C@@H]1CC[C@H]2C1. The number of hydrogen-bond donors (Lipinski definition) is 0. The molecule has 3 fully saturated rings. The number of fused-ring (bicyclic) bond motifs is 3. The number of carbonyl (C=O) groups is 1. The zero-order valence-electron chi connectivity index (χ0n) is 7.51. The van der Waals surface area contributed by atoms with Gasteiger partial charge in [-0.3, -0.25) is 4.79 Å². The Morgan fingerprint density at radius 2 is 2.25 bits per heavy atom. The van der Waals surface area contributed by atoms with Gasteiger partial charge in [0.1, 0.15) is 5.78 Å². The van der Waals surface area contributed by atoms with Gasteiger partial charge in [0.25, 0.3) is 0 Å². The maximum absolute atomic E-state index is 11.8. The van der Waals surface area contributed by atoms with Crippen molar-refractivity contribution in [1.82, 2.24) is 0 Å². The normalized spacial score (nSPS) is 51.2. The van der Waals surface area contributed by atoms with Crippen LogP contribution in [0.25, 0.3) is 0 Å². The van der Waals surface area contributed by atoms with Gasteiger partial charge in [-0.05, 0) is 43.9 Å². The zero-order chi connectivity index (χ0) is 8.18. The molecule has 0 saturated heterocycles. The molecule has 12 heavy (non-hydrogen) atoms. The molecule has 3 rings (SSSR count). The maximum Gasteiger partial charge on any atom is 0.139 e. The van der Waals surface area contributed by atoms with Crippen molar-refractivity contribution in [2.45, 2.75) is 44.9 Å². The summed E-state index contributed by atoms with van der Waals surface area (Å²) in [5.41, 5.74) is 0.225. The van der Waals surface area contributed by atoms with Crippen LogP contribution in [-0.4, -0.2) is 5.78 Å². The molecule has 3 saturated carbocycles. The Morgan fingerprint density at radius 3 is 2.75 bits per heavy atom. The van der Waals surface area contributed by atoms with E-state index in [0.717, 1.165) is 18.3 Å². The summed E-state index contributed by atoms with van der Waals surface area (Å²) in [6, 6.07) is 0. The van der Waals surface area contributed by atoms with E-state index in [1.165, 1.54) is 38.5 Å². The largest absolute Gasteiger partial charge is 0.299 e. The standard InChI is InChI=1S/C11H16O/c12-10-2-1-5-11(10)7-8-3-4-9(11)6-8/h8-9H,1-7H2/t8-,9+,11+/m1/s1. The average Bonchev–Trinajstić information content (AvgIpc) is 2.69. The highest BCUT2D eigenvalue weighted by Gasteiger charge is 2.56. The van der Waals surface area contributed by atoms with Crippen LogP contribution in [0.2, 0.25) is 0 Å². The molecule has 0 aliphatic heterocycles. The molecule has 2 bridgehead atoms. The van der Waals surface area contributed by atoms with Gasteiger partial charge in [-0.1, -0.05) is 6.42 Å². The summed E-state index contributed by atoms with van der Waals surface area (Å²) in [7, 11) is 0. The lowest BCUT2D eigenvalue weighted by Gasteiger charge is -2.31. The van der Waals surface area contributed by atoms with Crippen LogP contribution in [0.4, 0.5) is 0 Å². The minimum absolute atomic E-state index is 0.225. The molecule has 3 aliphatic carbocycles. The van der Waals surface area contributed by atoms with E-state index in [2.05, 4.69) is 0 Å². The maximum atomic E-state index is 11.8. The van der Waals surface area contributed by atoms with Crippen LogP contribution in [0.3, 0.4) is 0 Å². The number of hydrogen-bond acceptors (Lipinski definition) is 1. The van der Waals surface area contributed by atoms with Crippen LogP contribution >= 0.6 is 0 Å². The van der Waals surface area contributed by atoms with Crippen molar-refractivity contribution in [3.8, 4) is 0 Å². The average molecular weight is 164 g/mol. The van der Waals surface area contributed by atoms with E-state index in [4.69, 9.17) is 0 Å². The molecule has 0 radical (unpaired) electrons. The smallest absolute Gasteiger partial charge is 0.139 e. The molecule has 1 spiro atoms. The second-order valence-corrected chi connectivity index (χ2v) is 5.01. The van der Waals surface area contributed by atoms with E-state index in [0.29, 0.717) is 5.78 Å². The fraction of sp³-hybridized carbons (Fsp3) is 0.909. The lowest BCUT2D eigenvalue weighted by atomic mass is 9.71. The van der Waals surface area contributed by atoms with Crippen LogP contribution in [0.5, 0.6) is 0 Å². The molecule has 0 unspecified atom stereocenters. The van der Waals surface area contributed by atoms with Gasteiger partial charge in [0.15, 0.2) is 0 Å². The summed E-state index contributed by atoms with van der Waals surface area (Å²) >= 11 is 0. The fourth-order valence-electron chi connectivity index (χ4n) is 4.04. The first-order valence-electron chi connectivity index (χ1n) is 5.34. The Labute approximate surface area is 73.5 Å². The first-order chi connectivity index (χ1) is 5.81. The molecule has 0 heterocycles. The first kappa shape index (κ1) is 7.11. The summed E-state index contributed by atoms with van der Waals surface area (Å²) < 4.78 is 0. The molecular weight excluding hydrogens is 148 g/mol. The summed E-state index contributed by atoms with van der Waals surface area (Å²) in [6.07, 6.45) is 8.72. The van der Waals surface area contributed by atoms with Gasteiger partial charge < -0.3 is 0 Å². The van der Waals surface area contributed by atoms with E-state index in [-0.39, 0.29) is 5.41 Å². The topological polar surface area (TPSA) is 17.1 Å². The van der Waals surface area contributed by atoms with Crippen LogP contribution in [-0.2, 0) is 4.79 Å². The molecule has 0 amide bonds. The van der Waals surface area contributed by atoms with E-state index in [1.54, 1.807) is 0 Å². The molecule has 0 aromatic heterocycles. The number of ketones is 1. The van der Waals surface area contributed by atoms with Crippen molar-refractivity contribution in [2.24, 2.45) is 17.3 Å². The van der Waals surface area contributed by atoms with Crippen LogP contribution < -0.4 is 0 Å². The third-order valence-electron chi connectivity index (χ3n) is 4.56. The van der Waals surface area contributed by atoms with Crippen molar-refractivity contribution in [1.29, 1.82) is 0 Å². The Bertz CT molecular complexity index is 233.